The second-order valence-electron chi connectivity index (χ2n) is 5.30. The lowest BCUT2D eigenvalue weighted by atomic mass is 10.1. The van der Waals surface area contributed by atoms with Crippen LogP contribution in [0.25, 0.3) is 0 Å². The Hall–Kier alpha value is -2.25. The summed E-state index contributed by atoms with van der Waals surface area (Å²) in [4.78, 5) is 17.7. The van der Waals surface area contributed by atoms with Crippen molar-refractivity contribution in [1.29, 1.82) is 0 Å². The minimum Gasteiger partial charge on any atom is -0.469 e. The predicted molar refractivity (Wildman–Crippen MR) is 70.5 cm³/mol. The number of nitrogens with zero attached hydrogens (tertiary/aromatic N) is 3. The Morgan fingerprint density at radius 2 is 2.32 bits per heavy atom. The Bertz CT molecular complexity index is 695. The summed E-state index contributed by atoms with van der Waals surface area (Å²) >= 11 is 0. The van der Waals surface area contributed by atoms with Crippen LogP contribution in [-0.4, -0.2) is 33.4 Å². The molecule has 2 aromatic rings. The first-order valence-electron chi connectivity index (χ1n) is 6.96. The van der Waals surface area contributed by atoms with Crippen molar-refractivity contribution >= 4 is 5.91 Å². The van der Waals surface area contributed by atoms with Crippen LogP contribution in [0.4, 0.5) is 8.78 Å². The molecule has 1 atom stereocenters. The molecule has 2 aromatic heterocycles. The molecule has 1 aliphatic heterocycles. The number of rotatable bonds is 3. The van der Waals surface area contributed by atoms with Gasteiger partial charge in [-0.1, -0.05) is 12.1 Å². The molecule has 0 N–H and O–H groups in total. The molecule has 3 rings (SSSR count). The van der Waals surface area contributed by atoms with Gasteiger partial charge in [-0.25, -0.2) is 8.78 Å². The number of hydrogen-bond acceptors (Lipinski definition) is 5. The number of likely N-dealkylation sites (tertiary alicyclic amines) is 1. The monoisotopic (exact) mass is 311 g/mol. The summed E-state index contributed by atoms with van der Waals surface area (Å²) in [5.41, 5.74) is 0.262. The summed E-state index contributed by atoms with van der Waals surface area (Å²) < 4.78 is 37.8. The fraction of sp³-hybridized carbons (Fsp3) is 0.500. The second kappa shape index (κ2) is 5.19. The minimum absolute atomic E-state index is 0.0449. The van der Waals surface area contributed by atoms with Gasteiger partial charge in [0.15, 0.2) is 5.82 Å². The van der Waals surface area contributed by atoms with Crippen molar-refractivity contribution in [3.8, 4) is 0 Å². The van der Waals surface area contributed by atoms with Crippen LogP contribution in [0.3, 0.4) is 0 Å². The van der Waals surface area contributed by atoms with Gasteiger partial charge in [-0.15, -0.1) is 0 Å². The first kappa shape index (κ1) is 14.7. The highest BCUT2D eigenvalue weighted by molar-refractivity contribution is 5.95. The third-order valence-electron chi connectivity index (χ3n) is 3.71. The summed E-state index contributed by atoms with van der Waals surface area (Å²) in [7, 11) is 0. The van der Waals surface area contributed by atoms with Crippen molar-refractivity contribution in [2.45, 2.75) is 38.7 Å². The molecule has 3 heterocycles. The van der Waals surface area contributed by atoms with Crippen LogP contribution in [-0.2, 0) is 6.42 Å². The topological polar surface area (TPSA) is 72.4 Å². The minimum atomic E-state index is -2.99. The average molecular weight is 311 g/mol. The third kappa shape index (κ3) is 2.49. The molecule has 1 amide bonds. The number of hydrogen-bond donors (Lipinski definition) is 0. The van der Waals surface area contributed by atoms with Crippen molar-refractivity contribution in [1.82, 2.24) is 15.0 Å². The first-order chi connectivity index (χ1) is 10.4. The van der Waals surface area contributed by atoms with Gasteiger partial charge in [-0.3, -0.25) is 4.79 Å². The number of halogens is 2. The van der Waals surface area contributed by atoms with E-state index in [9.17, 15) is 13.6 Å². The van der Waals surface area contributed by atoms with Crippen molar-refractivity contribution in [3.05, 3.63) is 35.4 Å². The van der Waals surface area contributed by atoms with Gasteiger partial charge in [0.25, 0.3) is 11.8 Å². The molecule has 0 spiro atoms. The van der Waals surface area contributed by atoms with Gasteiger partial charge in [-0.2, -0.15) is 4.98 Å². The molecule has 1 aliphatic rings. The summed E-state index contributed by atoms with van der Waals surface area (Å²) in [6, 6.07) is 0.542. The highest BCUT2D eigenvalue weighted by Crippen LogP contribution is 2.41. The number of carbonyl (C=O) groups is 1. The van der Waals surface area contributed by atoms with Crippen molar-refractivity contribution in [2.24, 2.45) is 0 Å². The van der Waals surface area contributed by atoms with Gasteiger partial charge in [0.1, 0.15) is 11.8 Å². The number of aryl methyl sites for hydroxylation is 2. The Kier molecular flexibility index (Phi) is 3.46. The van der Waals surface area contributed by atoms with E-state index in [1.807, 2.05) is 6.92 Å². The molecule has 0 saturated carbocycles. The van der Waals surface area contributed by atoms with Crippen molar-refractivity contribution in [3.63, 3.8) is 0 Å². The molecular weight excluding hydrogens is 296 g/mol. The fourth-order valence-electron chi connectivity index (χ4n) is 2.56. The molecule has 6 nitrogen and oxygen atoms in total. The summed E-state index contributed by atoms with van der Waals surface area (Å²) in [6.45, 7) is 2.76. The van der Waals surface area contributed by atoms with Crippen molar-refractivity contribution < 1.29 is 22.5 Å². The molecule has 0 aliphatic carbocycles. The molecule has 0 aromatic carbocycles. The lowest BCUT2D eigenvalue weighted by Gasteiger charge is -2.20. The molecule has 118 valence electrons. The number of carbonyl (C=O) groups excluding carboxylic acids is 1. The average Bonchev–Trinajstić information content (AvgIpc) is 3.15. The van der Waals surface area contributed by atoms with Gasteiger partial charge in [0.05, 0.1) is 18.4 Å². The maximum atomic E-state index is 13.8. The summed E-state index contributed by atoms with van der Waals surface area (Å²) in [6.07, 6.45) is 1.36. The number of aromatic nitrogens is 2. The summed E-state index contributed by atoms with van der Waals surface area (Å²) in [5.74, 6) is -2.65. The van der Waals surface area contributed by atoms with Gasteiger partial charge in [0.2, 0.25) is 5.89 Å². The normalized spacial score (nSPS) is 20.5. The molecule has 22 heavy (non-hydrogen) atoms. The van der Waals surface area contributed by atoms with Gasteiger partial charge < -0.3 is 13.8 Å². The molecule has 1 saturated heterocycles. The third-order valence-corrected chi connectivity index (χ3v) is 3.71. The molecule has 1 fully saturated rings. The van der Waals surface area contributed by atoms with Gasteiger partial charge >= 0.3 is 0 Å². The highest BCUT2D eigenvalue weighted by atomic mass is 19.3. The molecule has 0 radical (unpaired) electrons. The van der Waals surface area contributed by atoms with E-state index in [-0.39, 0.29) is 11.5 Å². The lowest BCUT2D eigenvalue weighted by Crippen LogP contribution is -2.33. The zero-order chi connectivity index (χ0) is 15.9. The Morgan fingerprint density at radius 1 is 1.55 bits per heavy atom. The van der Waals surface area contributed by atoms with E-state index in [1.165, 1.54) is 12.3 Å². The zero-order valence-electron chi connectivity index (χ0n) is 12.2. The molecular formula is C14H15F2N3O3. The highest BCUT2D eigenvalue weighted by Gasteiger charge is 2.50. The smallest absolute Gasteiger partial charge is 0.267 e. The second-order valence-corrected chi connectivity index (χ2v) is 5.30. The Labute approximate surface area is 125 Å². The van der Waals surface area contributed by atoms with E-state index < -0.39 is 30.8 Å². The molecule has 8 heteroatoms. The van der Waals surface area contributed by atoms with Crippen LogP contribution in [0.1, 0.15) is 47.2 Å². The van der Waals surface area contributed by atoms with E-state index in [2.05, 4.69) is 10.1 Å². The standard InChI is InChI=1S/C14H15F2N3O3/c1-3-11-17-12(22-18-11)10-6-14(15,16)7-19(10)13(20)9-4-5-21-8(9)2/h4-5,10H,3,6-7H2,1-2H3/t10-/m0/s1. The van der Waals surface area contributed by atoms with E-state index in [0.717, 1.165) is 4.90 Å². The van der Waals surface area contributed by atoms with E-state index >= 15 is 0 Å². The van der Waals surface area contributed by atoms with Crippen LogP contribution >= 0.6 is 0 Å². The van der Waals surface area contributed by atoms with Gasteiger partial charge in [0, 0.05) is 12.8 Å². The lowest BCUT2D eigenvalue weighted by molar-refractivity contribution is 0.0116. The number of furan rings is 1. The maximum absolute atomic E-state index is 13.8. The van der Waals surface area contributed by atoms with Crippen LogP contribution in [0.2, 0.25) is 0 Å². The predicted octanol–water partition coefficient (Wildman–Crippen LogP) is 2.76. The fourth-order valence-corrected chi connectivity index (χ4v) is 2.56. The molecule has 0 unspecified atom stereocenters. The quantitative estimate of drug-likeness (QED) is 0.871. The van der Waals surface area contributed by atoms with E-state index in [0.29, 0.717) is 18.0 Å². The molecule has 0 bridgehead atoms. The van der Waals surface area contributed by atoms with Crippen LogP contribution < -0.4 is 0 Å². The summed E-state index contributed by atoms with van der Waals surface area (Å²) in [5, 5.41) is 3.71. The first-order valence-corrected chi connectivity index (χ1v) is 6.96. The van der Waals surface area contributed by atoms with E-state index in [1.54, 1.807) is 6.92 Å². The Morgan fingerprint density at radius 3 is 2.91 bits per heavy atom. The van der Waals surface area contributed by atoms with Crippen LogP contribution in [0.5, 0.6) is 0 Å². The van der Waals surface area contributed by atoms with Gasteiger partial charge in [-0.05, 0) is 13.0 Å². The largest absolute Gasteiger partial charge is 0.469 e. The number of alkyl halides is 2. The van der Waals surface area contributed by atoms with Crippen molar-refractivity contribution in [2.75, 3.05) is 6.54 Å². The maximum Gasteiger partial charge on any atom is 0.267 e. The van der Waals surface area contributed by atoms with Crippen LogP contribution in [0, 0.1) is 6.92 Å². The van der Waals surface area contributed by atoms with E-state index in [4.69, 9.17) is 8.94 Å². The number of amides is 1. The van der Waals surface area contributed by atoms with Crippen LogP contribution in [0.15, 0.2) is 21.3 Å². The Balaban J connectivity index is 1.93. The SMILES string of the molecule is CCc1noc([C@@H]2CC(F)(F)CN2C(=O)c2ccoc2C)n1. The zero-order valence-corrected chi connectivity index (χ0v) is 12.2.